The molecule has 1 fully saturated rings. The third kappa shape index (κ3) is 5.14. The van der Waals surface area contributed by atoms with Crippen LogP contribution in [0.1, 0.15) is 11.1 Å². The Morgan fingerprint density at radius 1 is 1.18 bits per heavy atom. The number of non-ortho nitro benzene ring substituents is 1. The number of nitro benzene ring substituents is 1. The highest BCUT2D eigenvalue weighted by molar-refractivity contribution is 5.90. The maximum Gasteiger partial charge on any atom is 0.270 e. The fourth-order valence-electron chi connectivity index (χ4n) is 3.09. The van der Waals surface area contributed by atoms with Gasteiger partial charge >= 0.3 is 0 Å². The Bertz CT molecular complexity index is 861. The first-order chi connectivity index (χ1) is 13.5. The van der Waals surface area contributed by atoms with Crippen molar-refractivity contribution >= 4 is 23.5 Å². The average molecular weight is 381 g/mol. The second-order valence-corrected chi connectivity index (χ2v) is 6.75. The van der Waals surface area contributed by atoms with Crippen LogP contribution in [-0.4, -0.2) is 55.2 Å². The Kier molecular flexibility index (Phi) is 6.33. The van der Waals surface area contributed by atoms with Crippen LogP contribution in [0.4, 0.5) is 11.4 Å². The summed E-state index contributed by atoms with van der Waals surface area (Å²) in [5, 5.41) is 15.2. The molecule has 0 bridgehead atoms. The number of nitro groups is 1. The molecule has 2 aromatic rings. The number of hydrogen-bond acceptors (Lipinski definition) is 6. The van der Waals surface area contributed by atoms with Gasteiger partial charge in [0.15, 0.2) is 0 Å². The molecule has 1 saturated heterocycles. The highest BCUT2D eigenvalue weighted by Gasteiger charge is 2.18. The molecule has 0 radical (unpaired) electrons. The van der Waals surface area contributed by atoms with Gasteiger partial charge in [0.2, 0.25) is 5.91 Å². The van der Waals surface area contributed by atoms with Gasteiger partial charge < -0.3 is 9.80 Å². The van der Waals surface area contributed by atoms with Crippen LogP contribution in [0.5, 0.6) is 0 Å². The van der Waals surface area contributed by atoms with E-state index >= 15 is 0 Å². The average Bonchev–Trinajstić information content (AvgIpc) is 2.69. The standard InChI is InChI=1S/C20H23N5O3/c1-23-9-11-24(12-10-23)19-8-7-18(25(27)28)14-17(19)15-21-22-20(26)13-16-5-3-2-4-6-16/h2-8,14-15H,9-13H2,1H3,(H,22,26)/b21-15+. The molecular formula is C20H23N5O3. The molecular weight excluding hydrogens is 358 g/mol. The Balaban J connectivity index is 1.73. The van der Waals surface area contributed by atoms with Gasteiger partial charge in [0, 0.05) is 49.6 Å². The summed E-state index contributed by atoms with van der Waals surface area (Å²) in [5.74, 6) is -0.242. The van der Waals surface area contributed by atoms with Gasteiger partial charge in [-0.1, -0.05) is 30.3 Å². The van der Waals surface area contributed by atoms with Crippen molar-refractivity contribution in [2.24, 2.45) is 5.10 Å². The molecule has 1 amide bonds. The van der Waals surface area contributed by atoms with E-state index in [-0.39, 0.29) is 18.0 Å². The molecule has 0 saturated carbocycles. The number of hydrogen-bond donors (Lipinski definition) is 1. The minimum atomic E-state index is -0.431. The van der Waals surface area contributed by atoms with Crippen LogP contribution in [0.3, 0.4) is 0 Å². The van der Waals surface area contributed by atoms with Crippen LogP contribution in [0.15, 0.2) is 53.6 Å². The van der Waals surface area contributed by atoms with E-state index in [1.807, 2.05) is 30.3 Å². The molecule has 1 aliphatic rings. The second kappa shape index (κ2) is 9.09. The lowest BCUT2D eigenvalue weighted by atomic mass is 10.1. The quantitative estimate of drug-likeness (QED) is 0.470. The minimum Gasteiger partial charge on any atom is -0.368 e. The predicted molar refractivity (Wildman–Crippen MR) is 109 cm³/mol. The topological polar surface area (TPSA) is 91.1 Å². The van der Waals surface area contributed by atoms with Crippen LogP contribution in [0.25, 0.3) is 0 Å². The van der Waals surface area contributed by atoms with Crippen LogP contribution >= 0.6 is 0 Å². The van der Waals surface area contributed by atoms with Crippen molar-refractivity contribution in [3.05, 3.63) is 69.8 Å². The van der Waals surface area contributed by atoms with Crippen molar-refractivity contribution in [2.75, 3.05) is 38.1 Å². The van der Waals surface area contributed by atoms with Crippen LogP contribution in [0.2, 0.25) is 0 Å². The summed E-state index contributed by atoms with van der Waals surface area (Å²) in [6.45, 7) is 3.49. The number of benzene rings is 2. The largest absolute Gasteiger partial charge is 0.368 e. The molecule has 0 aromatic heterocycles. The number of rotatable bonds is 6. The molecule has 3 rings (SSSR count). The van der Waals surface area contributed by atoms with Gasteiger partial charge in [0.05, 0.1) is 17.6 Å². The van der Waals surface area contributed by atoms with E-state index in [1.165, 1.54) is 18.3 Å². The van der Waals surface area contributed by atoms with Crippen molar-refractivity contribution in [2.45, 2.75) is 6.42 Å². The number of carbonyl (C=O) groups excluding carboxylic acids is 1. The van der Waals surface area contributed by atoms with Gasteiger partial charge in [0.1, 0.15) is 0 Å². The molecule has 28 heavy (non-hydrogen) atoms. The van der Waals surface area contributed by atoms with Crippen molar-refractivity contribution in [3.8, 4) is 0 Å². The number of piperazine rings is 1. The molecule has 8 nitrogen and oxygen atoms in total. The van der Waals surface area contributed by atoms with E-state index < -0.39 is 4.92 Å². The number of likely N-dealkylation sites (N-methyl/N-ethyl adjacent to an activating group) is 1. The van der Waals surface area contributed by atoms with E-state index in [1.54, 1.807) is 6.07 Å². The first-order valence-electron chi connectivity index (χ1n) is 9.10. The molecule has 0 unspecified atom stereocenters. The highest BCUT2D eigenvalue weighted by Crippen LogP contribution is 2.25. The molecule has 1 aliphatic heterocycles. The lowest BCUT2D eigenvalue weighted by molar-refractivity contribution is -0.384. The molecule has 2 aromatic carbocycles. The summed E-state index contributed by atoms with van der Waals surface area (Å²) >= 11 is 0. The number of amides is 1. The summed E-state index contributed by atoms with van der Waals surface area (Å²) in [7, 11) is 2.07. The van der Waals surface area contributed by atoms with Crippen molar-refractivity contribution in [1.29, 1.82) is 0 Å². The zero-order valence-corrected chi connectivity index (χ0v) is 15.7. The lowest BCUT2D eigenvalue weighted by Gasteiger charge is -2.34. The van der Waals surface area contributed by atoms with Gasteiger partial charge in [0.25, 0.3) is 5.69 Å². The van der Waals surface area contributed by atoms with Crippen LogP contribution in [-0.2, 0) is 11.2 Å². The molecule has 8 heteroatoms. The smallest absolute Gasteiger partial charge is 0.270 e. The monoisotopic (exact) mass is 381 g/mol. The van der Waals surface area contributed by atoms with Crippen molar-refractivity contribution in [3.63, 3.8) is 0 Å². The van der Waals surface area contributed by atoms with E-state index in [2.05, 4.69) is 27.4 Å². The molecule has 0 spiro atoms. The SMILES string of the molecule is CN1CCN(c2ccc([N+](=O)[O-])cc2/C=N/NC(=O)Cc2ccccc2)CC1. The Labute approximate surface area is 163 Å². The van der Waals surface area contributed by atoms with Crippen LogP contribution in [0, 0.1) is 10.1 Å². The Morgan fingerprint density at radius 3 is 2.57 bits per heavy atom. The predicted octanol–water partition coefficient (Wildman–Crippen LogP) is 2.04. The number of nitrogens with one attached hydrogen (secondary N) is 1. The lowest BCUT2D eigenvalue weighted by Crippen LogP contribution is -2.44. The normalized spacial score (nSPS) is 15.0. The Hall–Kier alpha value is -3.26. The third-order valence-corrected chi connectivity index (χ3v) is 4.67. The molecule has 146 valence electrons. The fraction of sp³-hybridized carbons (Fsp3) is 0.300. The van der Waals surface area contributed by atoms with Crippen molar-refractivity contribution < 1.29 is 9.72 Å². The summed E-state index contributed by atoms with van der Waals surface area (Å²) < 4.78 is 0. The van der Waals surface area contributed by atoms with Gasteiger partial charge in [-0.2, -0.15) is 5.10 Å². The minimum absolute atomic E-state index is 0.00469. The summed E-state index contributed by atoms with van der Waals surface area (Å²) in [6, 6.07) is 14.1. The second-order valence-electron chi connectivity index (χ2n) is 6.75. The number of nitrogens with zero attached hydrogens (tertiary/aromatic N) is 4. The maximum absolute atomic E-state index is 12.1. The van der Waals surface area contributed by atoms with Gasteiger partial charge in [-0.3, -0.25) is 14.9 Å². The van der Waals surface area contributed by atoms with E-state index in [0.717, 1.165) is 37.4 Å². The van der Waals surface area contributed by atoms with E-state index in [9.17, 15) is 14.9 Å². The first kappa shape index (κ1) is 19.5. The molecule has 1 heterocycles. The van der Waals surface area contributed by atoms with Gasteiger partial charge in [-0.05, 0) is 18.7 Å². The summed E-state index contributed by atoms with van der Waals surface area (Å²) in [5.41, 5.74) is 4.87. The molecule has 1 N–H and O–H groups in total. The maximum atomic E-state index is 12.1. The molecule has 0 aliphatic carbocycles. The zero-order valence-electron chi connectivity index (χ0n) is 15.7. The third-order valence-electron chi connectivity index (χ3n) is 4.67. The fourth-order valence-corrected chi connectivity index (χ4v) is 3.09. The molecule has 0 atom stereocenters. The van der Waals surface area contributed by atoms with Gasteiger partial charge in [-0.25, -0.2) is 5.43 Å². The number of carbonyl (C=O) groups is 1. The van der Waals surface area contributed by atoms with Gasteiger partial charge in [-0.15, -0.1) is 0 Å². The zero-order chi connectivity index (χ0) is 19.9. The number of anilines is 1. The first-order valence-corrected chi connectivity index (χ1v) is 9.10. The highest BCUT2D eigenvalue weighted by atomic mass is 16.6. The van der Waals surface area contributed by atoms with E-state index in [4.69, 9.17) is 0 Å². The Morgan fingerprint density at radius 2 is 1.89 bits per heavy atom. The van der Waals surface area contributed by atoms with E-state index in [0.29, 0.717) is 5.56 Å². The van der Waals surface area contributed by atoms with Crippen molar-refractivity contribution in [1.82, 2.24) is 10.3 Å². The summed E-state index contributed by atoms with van der Waals surface area (Å²) in [4.78, 5) is 27.2. The van der Waals surface area contributed by atoms with Crippen LogP contribution < -0.4 is 10.3 Å². The summed E-state index contributed by atoms with van der Waals surface area (Å²) in [6.07, 6.45) is 1.70. The number of hydrazone groups is 1.